The van der Waals surface area contributed by atoms with Gasteiger partial charge in [0.25, 0.3) is 0 Å². The largest absolute Gasteiger partial charge is 0.128 e. The Kier molecular flexibility index (Phi) is 4.53. The van der Waals surface area contributed by atoms with Crippen LogP contribution in [0, 0.1) is 2.88 Å². The number of thiophene rings is 1. The summed E-state index contributed by atoms with van der Waals surface area (Å²) in [7, 11) is 0. The molecule has 0 nitrogen and oxygen atoms in total. The maximum Gasteiger partial charge on any atom is 0.0744 e. The quantitative estimate of drug-likeness (QED) is 0.224. The highest BCUT2D eigenvalue weighted by atomic mass is 127. The van der Waals surface area contributed by atoms with Crippen LogP contribution in [0.5, 0.6) is 0 Å². The van der Waals surface area contributed by atoms with Crippen LogP contribution in [-0.2, 0) is 0 Å². The average molecular weight is 488 g/mol. The smallest absolute Gasteiger partial charge is 0.0744 e. The Hall–Kier alpha value is -2.43. The van der Waals surface area contributed by atoms with Gasteiger partial charge in [-0.2, -0.15) is 0 Å². The van der Waals surface area contributed by atoms with Crippen LogP contribution in [0.25, 0.3) is 37.6 Å². The van der Waals surface area contributed by atoms with Crippen LogP contribution in [0.4, 0.5) is 0 Å². The van der Waals surface area contributed by atoms with Gasteiger partial charge in [-0.1, -0.05) is 85.4 Å². The fraction of sp³-hybridized carbons (Fsp3) is 0. The maximum absolute atomic E-state index is 4.52. The summed E-state index contributed by atoms with van der Waals surface area (Å²) in [5.41, 5.74) is 5.98. The Morgan fingerprint density at radius 2 is 1.50 bits per heavy atom. The van der Waals surface area contributed by atoms with Gasteiger partial charge in [0.05, 0.1) is 2.88 Å². The zero-order valence-corrected chi connectivity index (χ0v) is 18.1. The lowest BCUT2D eigenvalue weighted by molar-refractivity contribution is 1.57. The molecule has 0 spiro atoms. The highest BCUT2D eigenvalue weighted by molar-refractivity contribution is 14.1. The lowest BCUT2D eigenvalue weighted by atomic mass is 9.94. The summed E-state index contributed by atoms with van der Waals surface area (Å²) in [6.07, 6.45) is 0. The van der Waals surface area contributed by atoms with Crippen LogP contribution >= 0.6 is 33.9 Å². The van der Waals surface area contributed by atoms with Crippen molar-refractivity contribution in [3.63, 3.8) is 0 Å². The summed E-state index contributed by atoms with van der Waals surface area (Å²) in [5.74, 6) is 0. The van der Waals surface area contributed by atoms with E-state index in [9.17, 15) is 0 Å². The van der Waals surface area contributed by atoms with Crippen LogP contribution in [0.3, 0.4) is 0 Å². The fourth-order valence-corrected chi connectivity index (χ4v) is 6.05. The van der Waals surface area contributed by atoms with E-state index in [1.807, 2.05) is 11.3 Å². The molecule has 5 aromatic rings. The Labute approximate surface area is 182 Å². The predicted molar refractivity (Wildman–Crippen MR) is 132 cm³/mol. The summed E-state index contributed by atoms with van der Waals surface area (Å²) in [5, 5.41) is 3.90. The second-order valence-electron chi connectivity index (χ2n) is 6.84. The van der Waals surface area contributed by atoms with Gasteiger partial charge in [0.2, 0.25) is 0 Å². The standard InChI is InChI=1S/C26H17IS/c1-17(20-11-7-12-21(16-20)18-8-3-2-4-9-18)24-25-22-13-6-5-10-19(22)14-15-23(25)28-26(24)27/h2-16H,1H2. The number of benzene rings is 4. The molecular weight excluding hydrogens is 471 g/mol. The third-order valence-corrected chi connectivity index (χ3v) is 7.30. The third kappa shape index (κ3) is 2.97. The number of halogens is 1. The van der Waals surface area contributed by atoms with Gasteiger partial charge in [-0.3, -0.25) is 0 Å². The zero-order valence-electron chi connectivity index (χ0n) is 15.2. The van der Waals surface area contributed by atoms with Gasteiger partial charge in [0.15, 0.2) is 0 Å². The Balaban J connectivity index is 1.70. The van der Waals surface area contributed by atoms with Crippen molar-refractivity contribution in [1.29, 1.82) is 0 Å². The molecule has 0 atom stereocenters. The van der Waals surface area contributed by atoms with Crippen molar-refractivity contribution in [3.05, 3.63) is 112 Å². The maximum atomic E-state index is 4.52. The molecule has 0 bridgehead atoms. The van der Waals surface area contributed by atoms with E-state index in [0.717, 1.165) is 5.57 Å². The molecule has 0 fully saturated rings. The third-order valence-electron chi connectivity index (χ3n) is 5.16. The number of hydrogen-bond donors (Lipinski definition) is 0. The minimum atomic E-state index is 1.09. The minimum Gasteiger partial charge on any atom is -0.128 e. The molecule has 1 heterocycles. The van der Waals surface area contributed by atoms with Crippen molar-refractivity contribution in [2.24, 2.45) is 0 Å². The molecule has 0 N–H and O–H groups in total. The molecule has 2 heteroatoms. The normalized spacial score (nSPS) is 11.2. The lowest BCUT2D eigenvalue weighted by Crippen LogP contribution is -1.89. The zero-order chi connectivity index (χ0) is 19.1. The van der Waals surface area contributed by atoms with Gasteiger partial charge in [0, 0.05) is 15.6 Å². The Bertz CT molecular complexity index is 1330. The summed E-state index contributed by atoms with van der Waals surface area (Å²) < 4.78 is 2.61. The summed E-state index contributed by atoms with van der Waals surface area (Å²) in [6.45, 7) is 4.52. The SMILES string of the molecule is C=C(c1cccc(-c2ccccc2)c1)c1c(I)sc2ccc3ccccc3c12. The molecule has 134 valence electrons. The van der Waals surface area contributed by atoms with E-state index in [0.29, 0.717) is 0 Å². The van der Waals surface area contributed by atoms with Crippen molar-refractivity contribution >= 4 is 60.4 Å². The highest BCUT2D eigenvalue weighted by Gasteiger charge is 2.17. The van der Waals surface area contributed by atoms with E-state index in [1.165, 1.54) is 46.0 Å². The topological polar surface area (TPSA) is 0 Å². The van der Waals surface area contributed by atoms with Crippen LogP contribution < -0.4 is 0 Å². The van der Waals surface area contributed by atoms with Crippen molar-refractivity contribution in [2.75, 3.05) is 0 Å². The Morgan fingerprint density at radius 1 is 0.750 bits per heavy atom. The van der Waals surface area contributed by atoms with Gasteiger partial charge < -0.3 is 0 Å². The molecule has 4 aromatic carbocycles. The van der Waals surface area contributed by atoms with Crippen LogP contribution in [0.1, 0.15) is 11.1 Å². The van der Waals surface area contributed by atoms with E-state index < -0.39 is 0 Å². The van der Waals surface area contributed by atoms with E-state index in [-0.39, 0.29) is 0 Å². The first-order valence-corrected chi connectivity index (χ1v) is 11.1. The highest BCUT2D eigenvalue weighted by Crippen LogP contribution is 2.42. The molecule has 0 saturated heterocycles. The molecular formula is C26H17IS. The number of fused-ring (bicyclic) bond motifs is 3. The first-order valence-electron chi connectivity index (χ1n) is 9.17. The van der Waals surface area contributed by atoms with Gasteiger partial charge in [-0.15, -0.1) is 11.3 Å². The molecule has 0 saturated carbocycles. The number of rotatable bonds is 3. The van der Waals surface area contributed by atoms with Gasteiger partial charge in [-0.05, 0) is 67.8 Å². The second-order valence-corrected chi connectivity index (χ2v) is 9.70. The monoisotopic (exact) mass is 488 g/mol. The summed E-state index contributed by atoms with van der Waals surface area (Å²) in [4.78, 5) is 0. The average Bonchev–Trinajstić information content (AvgIpc) is 3.10. The second kappa shape index (κ2) is 7.19. The van der Waals surface area contributed by atoms with E-state index in [4.69, 9.17) is 0 Å². The van der Waals surface area contributed by atoms with E-state index >= 15 is 0 Å². The molecule has 0 amide bonds. The summed E-state index contributed by atoms with van der Waals surface area (Å²) >= 11 is 4.31. The minimum absolute atomic E-state index is 1.09. The van der Waals surface area contributed by atoms with Gasteiger partial charge in [0.1, 0.15) is 0 Å². The van der Waals surface area contributed by atoms with Crippen LogP contribution in [0.15, 0.2) is 97.6 Å². The van der Waals surface area contributed by atoms with Crippen LogP contribution in [0.2, 0.25) is 0 Å². The van der Waals surface area contributed by atoms with Crippen molar-refractivity contribution in [2.45, 2.75) is 0 Å². The van der Waals surface area contributed by atoms with Crippen molar-refractivity contribution in [1.82, 2.24) is 0 Å². The molecule has 0 aliphatic carbocycles. The first kappa shape index (κ1) is 17.7. The molecule has 5 rings (SSSR count). The predicted octanol–water partition coefficient (Wildman–Crippen LogP) is 8.39. The van der Waals surface area contributed by atoms with Crippen molar-refractivity contribution < 1.29 is 0 Å². The van der Waals surface area contributed by atoms with Crippen LogP contribution in [-0.4, -0.2) is 0 Å². The summed E-state index contributed by atoms with van der Waals surface area (Å²) in [6, 6.07) is 32.3. The van der Waals surface area contributed by atoms with Gasteiger partial charge >= 0.3 is 0 Å². The fourth-order valence-electron chi connectivity index (χ4n) is 3.77. The molecule has 0 aliphatic heterocycles. The van der Waals surface area contributed by atoms with Gasteiger partial charge in [-0.25, -0.2) is 0 Å². The number of hydrogen-bond acceptors (Lipinski definition) is 1. The van der Waals surface area contributed by atoms with Crippen molar-refractivity contribution in [3.8, 4) is 11.1 Å². The first-order chi connectivity index (χ1) is 13.7. The van der Waals surface area contributed by atoms with E-state index in [2.05, 4.69) is 120 Å². The van der Waals surface area contributed by atoms with E-state index in [1.54, 1.807) is 0 Å². The Morgan fingerprint density at radius 3 is 2.36 bits per heavy atom. The molecule has 0 aliphatic rings. The molecule has 1 aromatic heterocycles. The molecule has 28 heavy (non-hydrogen) atoms. The molecule has 0 radical (unpaired) electrons. The molecule has 0 unspecified atom stereocenters. The lowest BCUT2D eigenvalue weighted by Gasteiger charge is -2.10.